The van der Waals surface area contributed by atoms with E-state index >= 15 is 0 Å². The minimum absolute atomic E-state index is 0.0298. The highest BCUT2D eigenvalue weighted by atomic mass is 35.5. The first-order valence-electron chi connectivity index (χ1n) is 7.46. The normalized spacial score (nSPS) is 10.1. The lowest BCUT2D eigenvalue weighted by atomic mass is 10.2. The van der Waals surface area contributed by atoms with Crippen molar-refractivity contribution >= 4 is 40.5 Å². The van der Waals surface area contributed by atoms with Gasteiger partial charge in [-0.1, -0.05) is 11.6 Å². The fraction of sp³-hybridized carbons (Fsp3) is 0.125. The molecule has 0 atom stereocenters. The van der Waals surface area contributed by atoms with Gasteiger partial charge in [-0.15, -0.1) is 0 Å². The monoisotopic (exact) mass is 409 g/mol. The molecule has 0 radical (unpaired) electrons. The Labute approximate surface area is 162 Å². The zero-order valence-electron chi connectivity index (χ0n) is 14.2. The summed E-state index contributed by atoms with van der Waals surface area (Å²) in [5.74, 6) is -1.84. The first-order chi connectivity index (χ1) is 13.2. The second kappa shape index (κ2) is 8.77. The predicted molar refractivity (Wildman–Crippen MR) is 96.7 cm³/mol. The maximum Gasteiger partial charge on any atom is 0.345 e. The number of carbonyl (C=O) groups excluding carboxylic acids is 2. The number of nitrogens with one attached hydrogen (secondary N) is 1. The number of carbonyl (C=O) groups is 2. The third-order valence-electron chi connectivity index (χ3n) is 3.38. The van der Waals surface area contributed by atoms with Gasteiger partial charge < -0.3 is 14.8 Å². The number of hydrogen-bond donors (Lipinski definition) is 1. The largest absolute Gasteiger partial charge is 0.494 e. The lowest BCUT2D eigenvalue weighted by Gasteiger charge is -2.10. The van der Waals surface area contributed by atoms with Crippen LogP contribution in [0.3, 0.4) is 0 Å². The van der Waals surface area contributed by atoms with Crippen LogP contribution in [0.4, 0.5) is 17.1 Å². The Balaban J connectivity index is 2.06. The number of anilines is 1. The molecule has 0 heterocycles. The number of rotatable bonds is 7. The molecule has 28 heavy (non-hydrogen) atoms. The zero-order valence-corrected chi connectivity index (χ0v) is 15.0. The van der Waals surface area contributed by atoms with E-state index in [9.17, 15) is 29.8 Å². The van der Waals surface area contributed by atoms with Crippen LogP contribution in [0.25, 0.3) is 0 Å². The van der Waals surface area contributed by atoms with Crippen molar-refractivity contribution in [2.24, 2.45) is 0 Å². The van der Waals surface area contributed by atoms with Gasteiger partial charge in [-0.2, -0.15) is 0 Å². The molecule has 2 rings (SSSR count). The van der Waals surface area contributed by atoms with Gasteiger partial charge in [-0.25, -0.2) is 4.79 Å². The Bertz CT molecular complexity index is 963. The summed E-state index contributed by atoms with van der Waals surface area (Å²) >= 11 is 5.67. The van der Waals surface area contributed by atoms with Gasteiger partial charge in [0.15, 0.2) is 6.61 Å². The van der Waals surface area contributed by atoms with Crippen LogP contribution in [-0.2, 0) is 9.53 Å². The first kappa shape index (κ1) is 20.6. The number of benzene rings is 2. The molecule has 0 fully saturated rings. The van der Waals surface area contributed by atoms with E-state index in [2.05, 4.69) is 5.32 Å². The lowest BCUT2D eigenvalue weighted by molar-refractivity contribution is -0.385. The van der Waals surface area contributed by atoms with Crippen LogP contribution < -0.4 is 10.1 Å². The number of ether oxygens (including phenoxy) is 2. The van der Waals surface area contributed by atoms with Gasteiger partial charge in [0.2, 0.25) is 0 Å². The molecule has 0 unspecified atom stereocenters. The van der Waals surface area contributed by atoms with E-state index in [1.807, 2.05) is 0 Å². The van der Waals surface area contributed by atoms with Crippen LogP contribution in [0.5, 0.6) is 5.75 Å². The number of nitro benzene ring substituents is 2. The van der Waals surface area contributed by atoms with Crippen LogP contribution >= 0.6 is 11.6 Å². The van der Waals surface area contributed by atoms with Crippen LogP contribution in [0.1, 0.15) is 10.4 Å². The Morgan fingerprint density at radius 3 is 2.43 bits per heavy atom. The number of hydrogen-bond acceptors (Lipinski definition) is 8. The molecule has 12 heteroatoms. The third-order valence-corrected chi connectivity index (χ3v) is 3.62. The van der Waals surface area contributed by atoms with Gasteiger partial charge in [0, 0.05) is 17.2 Å². The summed E-state index contributed by atoms with van der Waals surface area (Å²) < 4.78 is 9.75. The molecule has 0 saturated heterocycles. The van der Waals surface area contributed by atoms with E-state index in [-0.39, 0.29) is 27.7 Å². The molecule has 2 aromatic rings. The fourth-order valence-electron chi connectivity index (χ4n) is 2.12. The molecule has 0 aliphatic rings. The number of halogens is 1. The first-order valence-corrected chi connectivity index (χ1v) is 7.84. The molecule has 0 saturated carbocycles. The van der Waals surface area contributed by atoms with Gasteiger partial charge in [0.1, 0.15) is 11.3 Å². The molecule has 2 aromatic carbocycles. The Kier molecular flexibility index (Phi) is 6.45. The van der Waals surface area contributed by atoms with E-state index in [4.69, 9.17) is 21.1 Å². The zero-order chi connectivity index (χ0) is 20.8. The molecule has 0 aromatic heterocycles. The van der Waals surface area contributed by atoms with Crippen LogP contribution in [0, 0.1) is 20.2 Å². The summed E-state index contributed by atoms with van der Waals surface area (Å²) in [4.78, 5) is 44.3. The van der Waals surface area contributed by atoms with Gasteiger partial charge >= 0.3 is 5.97 Å². The van der Waals surface area contributed by atoms with E-state index in [0.717, 1.165) is 24.3 Å². The Morgan fingerprint density at radius 2 is 1.82 bits per heavy atom. The molecule has 11 nitrogen and oxygen atoms in total. The third kappa shape index (κ3) is 4.92. The SMILES string of the molecule is COc1cc([N+](=O)[O-])ccc1NC(=O)COC(=O)c1ccc(Cl)cc1[N+](=O)[O-]. The standard InChI is InChI=1S/C16H12ClN3O8/c1-27-14-7-10(19(23)24)3-5-12(14)18-15(21)8-28-16(22)11-4-2-9(17)6-13(11)20(25)26/h2-7H,8H2,1H3,(H,18,21). The highest BCUT2D eigenvalue weighted by molar-refractivity contribution is 6.31. The average molecular weight is 410 g/mol. The van der Waals surface area contributed by atoms with Crippen molar-refractivity contribution in [2.45, 2.75) is 0 Å². The highest BCUT2D eigenvalue weighted by Crippen LogP contribution is 2.29. The number of methoxy groups -OCH3 is 1. The second-order valence-electron chi connectivity index (χ2n) is 5.18. The minimum atomic E-state index is -1.09. The molecule has 0 aliphatic heterocycles. The number of nitro groups is 2. The number of nitrogens with zero attached hydrogens (tertiary/aromatic N) is 2. The van der Waals surface area contributed by atoms with Gasteiger partial charge in [0.05, 0.1) is 28.7 Å². The summed E-state index contributed by atoms with van der Waals surface area (Å²) in [7, 11) is 1.26. The summed E-state index contributed by atoms with van der Waals surface area (Å²) in [5, 5.41) is 24.2. The van der Waals surface area contributed by atoms with Crippen molar-refractivity contribution in [3.8, 4) is 5.75 Å². The molecular formula is C16H12ClN3O8. The van der Waals surface area contributed by atoms with Crippen molar-refractivity contribution in [1.82, 2.24) is 0 Å². The van der Waals surface area contributed by atoms with Crippen molar-refractivity contribution in [3.05, 3.63) is 67.2 Å². The molecule has 1 amide bonds. The van der Waals surface area contributed by atoms with Crippen LogP contribution in [0.2, 0.25) is 5.02 Å². The second-order valence-corrected chi connectivity index (χ2v) is 5.62. The number of non-ortho nitro benzene ring substituents is 1. The minimum Gasteiger partial charge on any atom is -0.494 e. The van der Waals surface area contributed by atoms with Crippen LogP contribution in [0.15, 0.2) is 36.4 Å². The van der Waals surface area contributed by atoms with Crippen molar-refractivity contribution in [2.75, 3.05) is 19.0 Å². The summed E-state index contributed by atoms with van der Waals surface area (Å²) in [6, 6.07) is 6.88. The molecule has 0 bridgehead atoms. The maximum atomic E-state index is 12.0. The van der Waals surface area contributed by atoms with Gasteiger partial charge in [-0.05, 0) is 18.2 Å². The lowest BCUT2D eigenvalue weighted by Crippen LogP contribution is -2.21. The molecule has 1 N–H and O–H groups in total. The molecule has 0 aliphatic carbocycles. The average Bonchev–Trinajstić information content (AvgIpc) is 2.66. The van der Waals surface area contributed by atoms with Crippen molar-refractivity contribution in [3.63, 3.8) is 0 Å². The maximum absolute atomic E-state index is 12.0. The number of esters is 1. The molecule has 0 spiro atoms. The number of amides is 1. The Hall–Kier alpha value is -3.73. The highest BCUT2D eigenvalue weighted by Gasteiger charge is 2.23. The summed E-state index contributed by atoms with van der Waals surface area (Å²) in [6.45, 7) is -0.751. The summed E-state index contributed by atoms with van der Waals surface area (Å²) in [6.07, 6.45) is 0. The van der Waals surface area contributed by atoms with E-state index in [1.54, 1.807) is 0 Å². The molecular weight excluding hydrogens is 398 g/mol. The van der Waals surface area contributed by atoms with E-state index in [1.165, 1.54) is 19.2 Å². The topological polar surface area (TPSA) is 151 Å². The van der Waals surface area contributed by atoms with Gasteiger partial charge in [-0.3, -0.25) is 25.0 Å². The molecule has 146 valence electrons. The van der Waals surface area contributed by atoms with E-state index < -0.39 is 34.0 Å². The smallest absolute Gasteiger partial charge is 0.345 e. The van der Waals surface area contributed by atoms with Crippen LogP contribution in [-0.4, -0.2) is 35.4 Å². The summed E-state index contributed by atoms with van der Waals surface area (Å²) in [5.41, 5.74) is -1.05. The Morgan fingerprint density at radius 1 is 1.11 bits per heavy atom. The quantitative estimate of drug-likeness (QED) is 0.416. The van der Waals surface area contributed by atoms with E-state index in [0.29, 0.717) is 0 Å². The van der Waals surface area contributed by atoms with Crippen molar-refractivity contribution < 1.29 is 28.9 Å². The predicted octanol–water partition coefficient (Wildman–Crippen LogP) is 2.96. The van der Waals surface area contributed by atoms with Crippen molar-refractivity contribution in [1.29, 1.82) is 0 Å². The van der Waals surface area contributed by atoms with Gasteiger partial charge in [0.25, 0.3) is 17.3 Å². The fourth-order valence-corrected chi connectivity index (χ4v) is 2.29.